The number of hydrogen-bond acceptors (Lipinski definition) is 6. The van der Waals surface area contributed by atoms with Crippen LogP contribution >= 0.6 is 0 Å². The number of nitrogens with one attached hydrogen (secondary N) is 2. The van der Waals surface area contributed by atoms with Gasteiger partial charge in [0, 0.05) is 57.2 Å². The zero-order chi connectivity index (χ0) is 21.0. The normalized spacial score (nSPS) is 46.4. The highest BCUT2D eigenvalue weighted by molar-refractivity contribution is 5.80. The number of ether oxygens (including phenoxy) is 1. The van der Waals surface area contributed by atoms with Gasteiger partial charge in [0.05, 0.1) is 30.8 Å². The molecular weight excluding hydrogens is 387 g/mol. The second kappa shape index (κ2) is 7.76. The number of halogens is 1. The molecule has 5 rings (SSSR count). The summed E-state index contributed by atoms with van der Waals surface area (Å²) < 4.78 is 22.1. The summed E-state index contributed by atoms with van der Waals surface area (Å²) >= 11 is 0. The van der Waals surface area contributed by atoms with E-state index in [2.05, 4.69) is 20.5 Å². The Hall–Kier alpha value is -1.71. The van der Waals surface area contributed by atoms with Gasteiger partial charge in [0.2, 0.25) is 0 Å². The van der Waals surface area contributed by atoms with Crippen molar-refractivity contribution in [2.45, 2.75) is 49.3 Å². The van der Waals surface area contributed by atoms with Gasteiger partial charge < -0.3 is 30.9 Å². The molecule has 0 radical (unpaired) electrons. The molecule has 8 nitrogen and oxygen atoms in total. The lowest BCUT2D eigenvalue weighted by Crippen LogP contribution is -2.71. The number of alkyl halides is 1. The van der Waals surface area contributed by atoms with Crippen LogP contribution in [-0.2, 0) is 4.74 Å². The fourth-order valence-electron chi connectivity index (χ4n) is 6.73. The van der Waals surface area contributed by atoms with Crippen molar-refractivity contribution in [2.24, 2.45) is 28.5 Å². The molecule has 0 bridgehead atoms. The van der Waals surface area contributed by atoms with Crippen molar-refractivity contribution in [3.63, 3.8) is 0 Å². The molecule has 9 unspecified atom stereocenters. The number of amides is 2. The number of likely N-dealkylation sites (N-methyl/N-ethyl adjacent to an activating group) is 1. The standard InChI is InChI=1S/C21H33FN6O2/c1-24-7-12(6-23)17-13(22)5-14-18-19-16(9-26-14)27(2)21(29)28(19)15-8-25-4-3-11(15)10-30-20(17)18/h6-7,11,13-20,25-26H,3-5,8-10,23H2,1-2H3. The third-order valence-electron chi connectivity index (χ3n) is 8.09. The number of aliphatic imine (C=N–C) groups is 1. The minimum absolute atomic E-state index is 0.0118. The van der Waals surface area contributed by atoms with Crippen LogP contribution in [0.5, 0.6) is 0 Å². The molecule has 0 aromatic rings. The lowest BCUT2D eigenvalue weighted by Gasteiger charge is -2.56. The molecule has 9 atom stereocenters. The molecule has 4 heterocycles. The summed E-state index contributed by atoms with van der Waals surface area (Å²) in [5, 5.41) is 7.02. The molecule has 0 spiro atoms. The molecule has 0 aromatic carbocycles. The molecule has 30 heavy (non-hydrogen) atoms. The number of carbonyl (C=O) groups is 1. The maximum atomic E-state index is 15.5. The van der Waals surface area contributed by atoms with Crippen LogP contribution in [0.1, 0.15) is 12.8 Å². The summed E-state index contributed by atoms with van der Waals surface area (Å²) in [7, 11) is 3.57. The van der Waals surface area contributed by atoms with Crippen LogP contribution < -0.4 is 16.4 Å². The van der Waals surface area contributed by atoms with Crippen molar-refractivity contribution < 1.29 is 13.9 Å². The minimum atomic E-state index is -1.07. The predicted molar refractivity (Wildman–Crippen MR) is 112 cm³/mol. The SMILES string of the molecule is CN=CC(=CN)C1C(F)CC2NCC3C4C2C1OCC1CCNCC1N4C(=O)N3C. The smallest absolute Gasteiger partial charge is 0.320 e. The fraction of sp³-hybridized carbons (Fsp3) is 0.810. The summed E-state index contributed by atoms with van der Waals surface area (Å²) in [5.41, 5.74) is 6.59. The minimum Gasteiger partial charge on any atom is -0.404 e. The first-order valence-corrected chi connectivity index (χ1v) is 11.2. The van der Waals surface area contributed by atoms with Crippen molar-refractivity contribution in [1.29, 1.82) is 0 Å². The number of carbonyl (C=O) groups excluding carboxylic acids is 1. The Morgan fingerprint density at radius 1 is 1.37 bits per heavy atom. The average molecular weight is 421 g/mol. The predicted octanol–water partition coefficient (Wildman–Crippen LogP) is -0.0429. The van der Waals surface area contributed by atoms with Crippen LogP contribution in [0.15, 0.2) is 16.8 Å². The number of fused-ring (bicyclic) bond motifs is 2. The first-order chi connectivity index (χ1) is 14.6. The van der Waals surface area contributed by atoms with Gasteiger partial charge in [0.1, 0.15) is 6.17 Å². The molecule has 1 aliphatic carbocycles. The van der Waals surface area contributed by atoms with E-state index in [1.165, 1.54) is 6.20 Å². The molecule has 4 N–H and O–H groups in total. The molecule has 4 aliphatic heterocycles. The molecule has 4 saturated heterocycles. The second-order valence-electron chi connectivity index (χ2n) is 9.40. The topological polar surface area (TPSA) is 95.2 Å². The molecule has 2 amide bonds. The van der Waals surface area contributed by atoms with Gasteiger partial charge in [-0.2, -0.15) is 0 Å². The van der Waals surface area contributed by atoms with Crippen LogP contribution in [0.25, 0.3) is 0 Å². The van der Waals surface area contributed by atoms with E-state index >= 15 is 4.39 Å². The van der Waals surface area contributed by atoms with Gasteiger partial charge >= 0.3 is 6.03 Å². The molecule has 1 saturated carbocycles. The van der Waals surface area contributed by atoms with E-state index in [9.17, 15) is 4.79 Å². The summed E-state index contributed by atoms with van der Waals surface area (Å²) in [4.78, 5) is 21.5. The van der Waals surface area contributed by atoms with Crippen LogP contribution in [0.4, 0.5) is 9.18 Å². The van der Waals surface area contributed by atoms with Gasteiger partial charge in [-0.3, -0.25) is 4.99 Å². The Morgan fingerprint density at radius 3 is 2.97 bits per heavy atom. The summed E-state index contributed by atoms with van der Waals surface area (Å²) in [5.74, 6) is -0.207. The molecule has 166 valence electrons. The summed E-state index contributed by atoms with van der Waals surface area (Å²) in [6.45, 7) is 2.93. The quantitative estimate of drug-likeness (QED) is 0.545. The number of hydrogen-bond donors (Lipinski definition) is 3. The number of nitrogens with zero attached hydrogens (tertiary/aromatic N) is 3. The highest BCUT2D eigenvalue weighted by atomic mass is 19.1. The Kier molecular flexibility index (Phi) is 5.23. The molecule has 9 heteroatoms. The highest BCUT2D eigenvalue weighted by Gasteiger charge is 2.61. The zero-order valence-electron chi connectivity index (χ0n) is 17.7. The van der Waals surface area contributed by atoms with Crippen LogP contribution in [0.3, 0.4) is 0 Å². The summed E-state index contributed by atoms with van der Waals surface area (Å²) in [6, 6.07) is 0.267. The third-order valence-corrected chi connectivity index (χ3v) is 8.09. The van der Waals surface area contributed by atoms with E-state index in [4.69, 9.17) is 10.5 Å². The molecule has 5 aliphatic rings. The van der Waals surface area contributed by atoms with Crippen LogP contribution in [0.2, 0.25) is 0 Å². The maximum absolute atomic E-state index is 15.5. The van der Waals surface area contributed by atoms with E-state index in [0.717, 1.165) is 19.5 Å². The van der Waals surface area contributed by atoms with E-state index in [0.29, 0.717) is 25.1 Å². The number of piperidine rings is 2. The largest absolute Gasteiger partial charge is 0.404 e. The van der Waals surface area contributed by atoms with Gasteiger partial charge in [-0.05, 0) is 31.2 Å². The zero-order valence-corrected chi connectivity index (χ0v) is 17.7. The van der Waals surface area contributed by atoms with Gasteiger partial charge in [0.15, 0.2) is 0 Å². The van der Waals surface area contributed by atoms with Crippen molar-refractivity contribution in [3.8, 4) is 0 Å². The first-order valence-electron chi connectivity index (χ1n) is 11.2. The van der Waals surface area contributed by atoms with E-state index in [-0.39, 0.29) is 48.1 Å². The molecular formula is C21H33FN6O2. The van der Waals surface area contributed by atoms with Crippen molar-refractivity contribution in [3.05, 3.63) is 11.8 Å². The molecule has 0 aromatic heterocycles. The van der Waals surface area contributed by atoms with E-state index < -0.39 is 12.1 Å². The second-order valence-corrected chi connectivity index (χ2v) is 9.40. The van der Waals surface area contributed by atoms with Gasteiger partial charge in [-0.25, -0.2) is 9.18 Å². The number of urea groups is 1. The maximum Gasteiger partial charge on any atom is 0.320 e. The Balaban J connectivity index is 1.59. The van der Waals surface area contributed by atoms with Crippen molar-refractivity contribution in [1.82, 2.24) is 20.4 Å². The Morgan fingerprint density at radius 2 is 2.20 bits per heavy atom. The number of nitrogens with two attached hydrogens (primary N) is 1. The average Bonchev–Trinajstić information content (AvgIpc) is 2.99. The van der Waals surface area contributed by atoms with E-state index in [1.807, 2.05) is 11.9 Å². The van der Waals surface area contributed by atoms with E-state index in [1.54, 1.807) is 13.3 Å². The van der Waals surface area contributed by atoms with Crippen molar-refractivity contribution >= 4 is 12.2 Å². The van der Waals surface area contributed by atoms with Crippen LogP contribution in [-0.4, -0.2) is 98.8 Å². The van der Waals surface area contributed by atoms with Gasteiger partial charge in [-0.1, -0.05) is 0 Å². The third kappa shape index (κ3) is 2.89. The highest BCUT2D eigenvalue weighted by Crippen LogP contribution is 2.47. The van der Waals surface area contributed by atoms with Crippen molar-refractivity contribution in [2.75, 3.05) is 40.3 Å². The first kappa shape index (κ1) is 20.2. The Bertz CT molecular complexity index is 747. The monoisotopic (exact) mass is 420 g/mol. The van der Waals surface area contributed by atoms with Crippen LogP contribution in [0, 0.1) is 17.8 Å². The summed E-state index contributed by atoms with van der Waals surface area (Å²) in [6.07, 6.45) is 3.06. The van der Waals surface area contributed by atoms with Gasteiger partial charge in [-0.15, -0.1) is 0 Å². The molecule has 5 fully saturated rings. The number of rotatable bonds is 2. The van der Waals surface area contributed by atoms with Gasteiger partial charge in [0.25, 0.3) is 0 Å². The lowest BCUT2D eigenvalue weighted by atomic mass is 9.65. The Labute approximate surface area is 177 Å². The fourth-order valence-corrected chi connectivity index (χ4v) is 6.73. The lowest BCUT2D eigenvalue weighted by molar-refractivity contribution is -0.140.